The fraction of sp³-hybridized carbons (Fsp3) is 0.652. The largest absolute Gasteiger partial charge is 0.103 e. The molecule has 0 heteroatoms. The monoisotopic (exact) mass is 314 g/mol. The fourth-order valence-electron chi connectivity index (χ4n) is 3.13. The first-order chi connectivity index (χ1) is 11.4. The molecule has 0 bridgehead atoms. The van der Waals surface area contributed by atoms with Crippen LogP contribution in [-0.4, -0.2) is 0 Å². The zero-order chi connectivity index (χ0) is 16.6. The molecule has 0 saturated heterocycles. The smallest absolute Gasteiger partial charge is 0.0279 e. The van der Waals surface area contributed by atoms with Crippen molar-refractivity contribution in [2.75, 3.05) is 0 Å². The Bertz CT molecular complexity index is 374. The Kier molecular flexibility index (Phi) is 12.7. The second kappa shape index (κ2) is 14.5. The van der Waals surface area contributed by atoms with Crippen molar-refractivity contribution in [3.8, 4) is 0 Å². The lowest BCUT2D eigenvalue weighted by Gasteiger charge is -2.05. The number of allylic oxidation sites excluding steroid dienone is 1. The molecule has 0 unspecified atom stereocenters. The van der Waals surface area contributed by atoms with Gasteiger partial charge in [0.2, 0.25) is 0 Å². The molecule has 130 valence electrons. The van der Waals surface area contributed by atoms with Gasteiger partial charge in [0.25, 0.3) is 0 Å². The summed E-state index contributed by atoms with van der Waals surface area (Å²) in [6.07, 6.45) is 20.9. The predicted molar refractivity (Wildman–Crippen MR) is 105 cm³/mol. The van der Waals surface area contributed by atoms with E-state index in [1.54, 1.807) is 0 Å². The highest BCUT2D eigenvalue weighted by Crippen LogP contribution is 2.13. The molecule has 0 aliphatic carbocycles. The lowest BCUT2D eigenvalue weighted by Crippen LogP contribution is -1.90. The Labute approximate surface area is 145 Å². The van der Waals surface area contributed by atoms with Crippen molar-refractivity contribution in [1.29, 1.82) is 0 Å². The Morgan fingerprint density at radius 3 is 1.57 bits per heavy atom. The van der Waals surface area contributed by atoms with Gasteiger partial charge in [-0.2, -0.15) is 0 Å². The van der Waals surface area contributed by atoms with E-state index in [-0.39, 0.29) is 0 Å². The molecule has 0 amide bonds. The lowest BCUT2D eigenvalue weighted by atomic mass is 10.0. The fourth-order valence-corrected chi connectivity index (χ4v) is 3.13. The van der Waals surface area contributed by atoms with Crippen LogP contribution in [0.1, 0.15) is 95.1 Å². The molecule has 0 spiro atoms. The van der Waals surface area contributed by atoms with Crippen LogP contribution in [0.2, 0.25) is 0 Å². The van der Waals surface area contributed by atoms with Crippen LogP contribution in [-0.2, 0) is 12.8 Å². The molecule has 0 atom stereocenters. The third-order valence-corrected chi connectivity index (χ3v) is 4.72. The van der Waals surface area contributed by atoms with E-state index in [0.717, 1.165) is 6.42 Å². The minimum atomic E-state index is 1.16. The molecule has 0 aliphatic heterocycles. The van der Waals surface area contributed by atoms with Gasteiger partial charge in [0.1, 0.15) is 0 Å². The average molecular weight is 315 g/mol. The highest BCUT2D eigenvalue weighted by Gasteiger charge is 1.97. The molecule has 0 saturated carbocycles. The normalized spacial score (nSPS) is 10.8. The van der Waals surface area contributed by atoms with Gasteiger partial charge in [-0.25, -0.2) is 0 Å². The van der Waals surface area contributed by atoms with Crippen molar-refractivity contribution < 1.29 is 0 Å². The minimum Gasteiger partial charge on any atom is -0.103 e. The Morgan fingerprint density at radius 1 is 0.652 bits per heavy atom. The molecule has 0 radical (unpaired) electrons. The maximum absolute atomic E-state index is 3.78. The number of hydrogen-bond acceptors (Lipinski definition) is 0. The van der Waals surface area contributed by atoms with E-state index in [4.69, 9.17) is 0 Å². The zero-order valence-electron chi connectivity index (χ0n) is 15.5. The van der Waals surface area contributed by atoms with Crippen LogP contribution in [0.15, 0.2) is 36.9 Å². The molecule has 23 heavy (non-hydrogen) atoms. The van der Waals surface area contributed by atoms with Crippen molar-refractivity contribution in [1.82, 2.24) is 0 Å². The number of benzene rings is 1. The number of unbranched alkanes of at least 4 members (excludes halogenated alkanes) is 10. The molecular weight excluding hydrogens is 276 g/mol. The molecule has 1 rings (SSSR count). The molecule has 0 aromatic heterocycles. The summed E-state index contributed by atoms with van der Waals surface area (Å²) in [5.41, 5.74) is 3.02. The first kappa shape index (κ1) is 20.0. The highest BCUT2D eigenvalue weighted by molar-refractivity contribution is 5.22. The number of hydrogen-bond donors (Lipinski definition) is 0. The number of aryl methyl sites for hydroxylation is 2. The molecule has 0 aliphatic rings. The molecule has 1 aromatic rings. The predicted octanol–water partition coefficient (Wildman–Crippen LogP) is 7.66. The quantitative estimate of drug-likeness (QED) is 0.230. The Hall–Kier alpha value is -1.04. The van der Waals surface area contributed by atoms with Crippen LogP contribution in [0.25, 0.3) is 0 Å². The molecule has 0 heterocycles. The zero-order valence-corrected chi connectivity index (χ0v) is 15.5. The van der Waals surface area contributed by atoms with Gasteiger partial charge in [-0.15, -0.1) is 6.58 Å². The van der Waals surface area contributed by atoms with Crippen LogP contribution < -0.4 is 0 Å². The van der Waals surface area contributed by atoms with Gasteiger partial charge in [-0.05, 0) is 49.7 Å². The molecule has 1 aromatic carbocycles. The van der Waals surface area contributed by atoms with E-state index in [0.29, 0.717) is 0 Å². The summed E-state index contributed by atoms with van der Waals surface area (Å²) in [4.78, 5) is 0. The molecule has 0 N–H and O–H groups in total. The Morgan fingerprint density at radius 2 is 1.09 bits per heavy atom. The van der Waals surface area contributed by atoms with Crippen molar-refractivity contribution in [3.05, 3.63) is 48.0 Å². The van der Waals surface area contributed by atoms with Crippen LogP contribution in [0.3, 0.4) is 0 Å². The molecule has 0 nitrogen and oxygen atoms in total. The van der Waals surface area contributed by atoms with Gasteiger partial charge in [0.05, 0.1) is 0 Å². The summed E-state index contributed by atoms with van der Waals surface area (Å²) in [5, 5.41) is 0. The summed E-state index contributed by atoms with van der Waals surface area (Å²) in [5.74, 6) is 0. The summed E-state index contributed by atoms with van der Waals surface area (Å²) in [7, 11) is 0. The van der Waals surface area contributed by atoms with Gasteiger partial charge in [-0.1, -0.05) is 88.6 Å². The molecular formula is C23H38. The van der Waals surface area contributed by atoms with E-state index in [1.165, 1.54) is 94.6 Å². The van der Waals surface area contributed by atoms with Gasteiger partial charge in [0.15, 0.2) is 0 Å². The standard InChI is InChI=1S/C23H38/c1-3-5-7-9-10-11-13-15-17-23-20-18-22(19-21-23)16-14-12-8-6-4-2/h4,18-21H,2-3,5-17H2,1H3. The van der Waals surface area contributed by atoms with Crippen LogP contribution in [0, 0.1) is 0 Å². The van der Waals surface area contributed by atoms with Crippen LogP contribution in [0.4, 0.5) is 0 Å². The van der Waals surface area contributed by atoms with Crippen molar-refractivity contribution >= 4 is 0 Å². The van der Waals surface area contributed by atoms with Gasteiger partial charge < -0.3 is 0 Å². The number of rotatable bonds is 15. The van der Waals surface area contributed by atoms with E-state index in [2.05, 4.69) is 37.8 Å². The van der Waals surface area contributed by atoms with Crippen molar-refractivity contribution in [2.24, 2.45) is 0 Å². The second-order valence-electron chi connectivity index (χ2n) is 6.93. The second-order valence-corrected chi connectivity index (χ2v) is 6.93. The van der Waals surface area contributed by atoms with Crippen LogP contribution in [0.5, 0.6) is 0 Å². The van der Waals surface area contributed by atoms with Crippen molar-refractivity contribution in [3.63, 3.8) is 0 Å². The first-order valence-corrected chi connectivity index (χ1v) is 10.1. The van der Waals surface area contributed by atoms with E-state index in [9.17, 15) is 0 Å². The summed E-state index contributed by atoms with van der Waals surface area (Å²) in [6, 6.07) is 9.38. The summed E-state index contributed by atoms with van der Waals surface area (Å²) < 4.78 is 0. The van der Waals surface area contributed by atoms with Crippen molar-refractivity contribution in [2.45, 2.75) is 96.8 Å². The lowest BCUT2D eigenvalue weighted by molar-refractivity contribution is 0.575. The van der Waals surface area contributed by atoms with Gasteiger partial charge >= 0.3 is 0 Å². The topological polar surface area (TPSA) is 0 Å². The van der Waals surface area contributed by atoms with E-state index < -0.39 is 0 Å². The maximum atomic E-state index is 3.78. The van der Waals surface area contributed by atoms with Crippen LogP contribution >= 0.6 is 0 Å². The highest BCUT2D eigenvalue weighted by atomic mass is 14.0. The van der Waals surface area contributed by atoms with E-state index >= 15 is 0 Å². The summed E-state index contributed by atoms with van der Waals surface area (Å²) in [6.45, 7) is 6.06. The summed E-state index contributed by atoms with van der Waals surface area (Å²) >= 11 is 0. The minimum absolute atomic E-state index is 1.16. The van der Waals surface area contributed by atoms with Gasteiger partial charge in [0, 0.05) is 0 Å². The van der Waals surface area contributed by atoms with Gasteiger partial charge in [-0.3, -0.25) is 0 Å². The third-order valence-electron chi connectivity index (χ3n) is 4.72. The Balaban J connectivity index is 2.04. The first-order valence-electron chi connectivity index (χ1n) is 10.1. The molecule has 0 fully saturated rings. The maximum Gasteiger partial charge on any atom is -0.0279 e. The average Bonchev–Trinajstić information content (AvgIpc) is 2.58. The SMILES string of the molecule is C=CCCCCCc1ccc(CCCCCCCCCC)cc1. The van der Waals surface area contributed by atoms with E-state index in [1.807, 2.05) is 6.08 Å². The third kappa shape index (κ3) is 11.2.